The van der Waals surface area contributed by atoms with Crippen molar-refractivity contribution in [1.29, 1.82) is 0 Å². The first kappa shape index (κ1) is 25.4. The van der Waals surface area contributed by atoms with Gasteiger partial charge in [-0.1, -0.05) is 12.1 Å². The van der Waals surface area contributed by atoms with Crippen molar-refractivity contribution in [3.05, 3.63) is 54.0 Å². The van der Waals surface area contributed by atoms with E-state index < -0.39 is 12.2 Å². The van der Waals surface area contributed by atoms with Crippen LogP contribution in [0.3, 0.4) is 0 Å². The molecular weight excluding hydrogens is 457 g/mol. The van der Waals surface area contributed by atoms with Gasteiger partial charge in [-0.2, -0.15) is 13.2 Å². The van der Waals surface area contributed by atoms with Crippen molar-refractivity contribution in [2.45, 2.75) is 51.0 Å². The minimum absolute atomic E-state index is 0.230. The zero-order chi connectivity index (χ0) is 24.8. The number of carbonyl (C=O) groups excluding carboxylic acids is 1. The van der Waals surface area contributed by atoms with Gasteiger partial charge in [0, 0.05) is 64.2 Å². The van der Waals surface area contributed by atoms with Gasteiger partial charge in [0.2, 0.25) is 0 Å². The SMILES string of the molecule is C[C@H](N1CCC(N2CCCN(c3cccc(C(=O)NCc4cccnc4)n3)CC2)CC1)C(F)(F)F. The van der Waals surface area contributed by atoms with Crippen molar-refractivity contribution in [3.8, 4) is 0 Å². The van der Waals surface area contributed by atoms with E-state index in [1.165, 1.54) is 6.92 Å². The van der Waals surface area contributed by atoms with Crippen molar-refractivity contribution in [1.82, 2.24) is 25.1 Å². The normalized spacial score (nSPS) is 19.8. The second kappa shape index (κ2) is 11.3. The van der Waals surface area contributed by atoms with E-state index >= 15 is 0 Å². The zero-order valence-corrected chi connectivity index (χ0v) is 20.0. The smallest absolute Gasteiger partial charge is 0.355 e. The zero-order valence-electron chi connectivity index (χ0n) is 20.0. The lowest BCUT2D eigenvalue weighted by Gasteiger charge is -2.40. The van der Waals surface area contributed by atoms with Crippen molar-refractivity contribution in [2.75, 3.05) is 44.2 Å². The van der Waals surface area contributed by atoms with Crippen LogP contribution in [-0.2, 0) is 6.54 Å². The molecule has 0 aromatic carbocycles. The number of rotatable bonds is 6. The van der Waals surface area contributed by atoms with Gasteiger partial charge in [0.15, 0.2) is 0 Å². The van der Waals surface area contributed by atoms with E-state index in [0.717, 1.165) is 56.8 Å². The molecule has 2 saturated heterocycles. The van der Waals surface area contributed by atoms with Crippen LogP contribution in [0.15, 0.2) is 42.7 Å². The molecule has 2 aliphatic rings. The lowest BCUT2D eigenvalue weighted by Crippen LogP contribution is -2.51. The predicted molar refractivity (Wildman–Crippen MR) is 128 cm³/mol. The molecule has 0 radical (unpaired) electrons. The van der Waals surface area contributed by atoms with Crippen LogP contribution < -0.4 is 10.2 Å². The predicted octanol–water partition coefficient (Wildman–Crippen LogP) is 3.33. The number of aromatic nitrogens is 2. The Hall–Kier alpha value is -2.72. The van der Waals surface area contributed by atoms with E-state index in [1.54, 1.807) is 23.4 Å². The fourth-order valence-electron chi connectivity index (χ4n) is 4.88. The first-order chi connectivity index (χ1) is 16.8. The molecule has 7 nitrogen and oxygen atoms in total. The van der Waals surface area contributed by atoms with Crippen LogP contribution in [0.5, 0.6) is 0 Å². The summed E-state index contributed by atoms with van der Waals surface area (Å²) in [6, 6.07) is 8.14. The number of amides is 1. The number of anilines is 1. The maximum absolute atomic E-state index is 13.1. The van der Waals surface area contributed by atoms with Crippen molar-refractivity contribution >= 4 is 11.7 Å². The number of likely N-dealkylation sites (tertiary alicyclic amines) is 1. The Morgan fingerprint density at radius 3 is 2.60 bits per heavy atom. The highest BCUT2D eigenvalue weighted by Crippen LogP contribution is 2.28. The topological polar surface area (TPSA) is 64.6 Å². The van der Waals surface area contributed by atoms with Crippen molar-refractivity contribution in [3.63, 3.8) is 0 Å². The minimum atomic E-state index is -4.17. The van der Waals surface area contributed by atoms with E-state index in [9.17, 15) is 18.0 Å². The summed E-state index contributed by atoms with van der Waals surface area (Å²) in [4.78, 5) is 27.4. The minimum Gasteiger partial charge on any atom is -0.355 e. The highest BCUT2D eigenvalue weighted by molar-refractivity contribution is 5.92. The molecule has 4 heterocycles. The summed E-state index contributed by atoms with van der Waals surface area (Å²) >= 11 is 0. The molecule has 1 N–H and O–H groups in total. The molecule has 0 bridgehead atoms. The number of alkyl halides is 3. The number of piperidine rings is 1. The summed E-state index contributed by atoms with van der Waals surface area (Å²) in [6.07, 6.45) is 1.69. The summed E-state index contributed by atoms with van der Waals surface area (Å²) in [6.45, 7) is 5.94. The molecule has 2 aromatic heterocycles. The average Bonchev–Trinajstić information content (AvgIpc) is 3.13. The Morgan fingerprint density at radius 1 is 1.09 bits per heavy atom. The molecule has 0 spiro atoms. The number of hydrogen-bond acceptors (Lipinski definition) is 6. The number of nitrogens with one attached hydrogen (secondary N) is 1. The van der Waals surface area contributed by atoms with Crippen molar-refractivity contribution in [2.24, 2.45) is 0 Å². The standard InChI is InChI=1S/C25H33F3N6O/c1-19(25(26,27)28)32-13-8-21(9-14-32)33-11-4-12-34(16-15-33)23-7-2-6-22(31-23)24(35)30-18-20-5-3-10-29-17-20/h2-3,5-7,10,17,19,21H,4,8-9,11-16,18H2,1H3,(H,30,35)/t19-/m0/s1. The quantitative estimate of drug-likeness (QED) is 0.670. The van der Waals surface area contributed by atoms with Gasteiger partial charge in [-0.05, 0) is 49.9 Å². The van der Waals surface area contributed by atoms with Crippen LogP contribution in [0, 0.1) is 0 Å². The summed E-state index contributed by atoms with van der Waals surface area (Å²) in [5.74, 6) is 0.543. The Labute approximate surface area is 204 Å². The molecule has 4 rings (SSSR count). The van der Waals surface area contributed by atoms with Crippen molar-refractivity contribution < 1.29 is 18.0 Å². The highest BCUT2D eigenvalue weighted by Gasteiger charge is 2.41. The van der Waals surface area contributed by atoms with E-state index in [4.69, 9.17) is 0 Å². The third kappa shape index (κ3) is 6.70. The number of halogens is 3. The molecule has 35 heavy (non-hydrogen) atoms. The van der Waals surface area contributed by atoms with Gasteiger partial charge in [-0.25, -0.2) is 4.98 Å². The van der Waals surface area contributed by atoms with Crippen LogP contribution >= 0.6 is 0 Å². The lowest BCUT2D eigenvalue weighted by atomic mass is 10.0. The third-order valence-corrected chi connectivity index (χ3v) is 7.03. The number of hydrogen-bond donors (Lipinski definition) is 1. The van der Waals surface area contributed by atoms with Gasteiger partial charge >= 0.3 is 6.18 Å². The average molecular weight is 491 g/mol. The summed E-state index contributed by atoms with van der Waals surface area (Å²) in [7, 11) is 0. The van der Waals surface area contributed by atoms with Crippen LogP contribution in [0.2, 0.25) is 0 Å². The largest absolute Gasteiger partial charge is 0.403 e. The third-order valence-electron chi connectivity index (χ3n) is 7.03. The maximum atomic E-state index is 13.1. The van der Waals surface area contributed by atoms with E-state index in [1.807, 2.05) is 24.3 Å². The van der Waals surface area contributed by atoms with Crippen LogP contribution in [-0.4, -0.2) is 83.2 Å². The number of pyridine rings is 2. The molecule has 190 valence electrons. The Balaban J connectivity index is 1.30. The van der Waals surface area contributed by atoms with Crippen LogP contribution in [0.4, 0.5) is 19.0 Å². The van der Waals surface area contributed by atoms with Gasteiger partial charge in [0.05, 0.1) is 0 Å². The van der Waals surface area contributed by atoms with E-state index in [-0.39, 0.29) is 5.91 Å². The second-order valence-electron chi connectivity index (χ2n) is 9.29. The first-order valence-electron chi connectivity index (χ1n) is 12.2. The van der Waals surface area contributed by atoms with E-state index in [0.29, 0.717) is 31.4 Å². The monoisotopic (exact) mass is 490 g/mol. The Kier molecular flexibility index (Phi) is 8.22. The maximum Gasteiger partial charge on any atom is 0.403 e. The molecular formula is C25H33F3N6O. The fraction of sp³-hybridized carbons (Fsp3) is 0.560. The molecule has 0 saturated carbocycles. The van der Waals surface area contributed by atoms with Crippen LogP contribution in [0.1, 0.15) is 42.2 Å². The molecule has 0 aliphatic carbocycles. The highest BCUT2D eigenvalue weighted by atomic mass is 19.4. The summed E-state index contributed by atoms with van der Waals surface area (Å²) in [5, 5.41) is 2.89. The number of nitrogens with zero attached hydrogens (tertiary/aromatic N) is 5. The lowest BCUT2D eigenvalue weighted by molar-refractivity contribution is -0.182. The van der Waals surface area contributed by atoms with Gasteiger partial charge in [0.25, 0.3) is 5.91 Å². The van der Waals surface area contributed by atoms with E-state index in [2.05, 4.69) is 25.1 Å². The molecule has 2 fully saturated rings. The van der Waals surface area contributed by atoms with Gasteiger partial charge in [0.1, 0.15) is 17.6 Å². The summed E-state index contributed by atoms with van der Waals surface area (Å²) in [5.41, 5.74) is 1.29. The first-order valence-corrected chi connectivity index (χ1v) is 12.2. The number of carbonyl (C=O) groups is 1. The van der Waals surface area contributed by atoms with Gasteiger partial charge in [-0.15, -0.1) is 0 Å². The van der Waals surface area contributed by atoms with Gasteiger partial charge in [-0.3, -0.25) is 19.6 Å². The molecule has 1 atom stereocenters. The van der Waals surface area contributed by atoms with Crippen LogP contribution in [0.25, 0.3) is 0 Å². The van der Waals surface area contributed by atoms with Gasteiger partial charge < -0.3 is 10.2 Å². The Morgan fingerprint density at radius 2 is 1.89 bits per heavy atom. The molecule has 0 unspecified atom stereocenters. The Bertz CT molecular complexity index is 965. The molecule has 10 heteroatoms. The fourth-order valence-corrected chi connectivity index (χ4v) is 4.88. The molecule has 2 aliphatic heterocycles. The second-order valence-corrected chi connectivity index (χ2v) is 9.29. The molecule has 1 amide bonds. The molecule has 2 aromatic rings. The summed E-state index contributed by atoms with van der Waals surface area (Å²) < 4.78 is 39.2.